The highest BCUT2D eigenvalue weighted by molar-refractivity contribution is 5.90. The van der Waals surface area contributed by atoms with Gasteiger partial charge in [0.15, 0.2) is 0 Å². The summed E-state index contributed by atoms with van der Waals surface area (Å²) in [5.74, 6) is -0.0327. The summed E-state index contributed by atoms with van der Waals surface area (Å²) < 4.78 is 2.12. The lowest BCUT2D eigenvalue weighted by molar-refractivity contribution is -0.114. The molecule has 0 aliphatic carbocycles. The van der Waals surface area contributed by atoms with Gasteiger partial charge in [0, 0.05) is 24.3 Å². The molecule has 3 nitrogen and oxygen atoms in total. The van der Waals surface area contributed by atoms with Gasteiger partial charge in [0.2, 0.25) is 5.91 Å². The Balaban J connectivity index is 2.54. The molecule has 2 rings (SSSR count). The molecule has 0 fully saturated rings. The van der Waals surface area contributed by atoms with E-state index in [4.69, 9.17) is 0 Å². The number of nitrogens with zero attached hydrogens (tertiary/aromatic N) is 1. The van der Waals surface area contributed by atoms with Gasteiger partial charge in [-0.1, -0.05) is 13.0 Å². The van der Waals surface area contributed by atoms with Gasteiger partial charge < -0.3 is 9.72 Å². The van der Waals surface area contributed by atoms with Gasteiger partial charge in [0.25, 0.3) is 0 Å². The first-order valence-corrected chi connectivity index (χ1v) is 5.50. The van der Waals surface area contributed by atoms with Gasteiger partial charge in [-0.3, -0.25) is 4.79 Å². The van der Waals surface area contributed by atoms with Crippen LogP contribution < -0.4 is 5.32 Å². The van der Waals surface area contributed by atoms with Crippen LogP contribution >= 0.6 is 0 Å². The second-order valence-electron chi connectivity index (χ2n) is 4.01. The number of amides is 1. The van der Waals surface area contributed by atoms with Crippen molar-refractivity contribution >= 4 is 17.1 Å². The molecule has 2 heterocycles. The van der Waals surface area contributed by atoms with Gasteiger partial charge in [-0.25, -0.2) is 0 Å². The molecule has 2 aromatic heterocycles. The van der Waals surface area contributed by atoms with Crippen LogP contribution in [0.1, 0.15) is 25.1 Å². The minimum Gasteiger partial charge on any atom is -0.325 e. The van der Waals surface area contributed by atoms with Crippen molar-refractivity contribution in [3.63, 3.8) is 0 Å². The fraction of sp³-hybridized carbons (Fsp3) is 0.308. The monoisotopic (exact) mass is 216 g/mol. The standard InChI is InChI=1S/C13H16N2O/c1-4-11-5-6-12-7-13(14-10(3)16)9(2)15(12)8-11/h5-8H,4H2,1-3H3,(H,14,16). The average Bonchev–Trinajstić information content (AvgIpc) is 2.55. The molecular formula is C13H16N2O. The summed E-state index contributed by atoms with van der Waals surface area (Å²) in [6.07, 6.45) is 3.14. The third-order valence-corrected chi connectivity index (χ3v) is 2.80. The van der Waals surface area contributed by atoms with Gasteiger partial charge >= 0.3 is 0 Å². The van der Waals surface area contributed by atoms with Crippen molar-refractivity contribution in [1.29, 1.82) is 0 Å². The molecule has 1 N–H and O–H groups in total. The minimum absolute atomic E-state index is 0.0327. The zero-order valence-corrected chi connectivity index (χ0v) is 9.87. The number of carbonyl (C=O) groups excluding carboxylic acids is 1. The number of hydrogen-bond donors (Lipinski definition) is 1. The largest absolute Gasteiger partial charge is 0.325 e. The minimum atomic E-state index is -0.0327. The molecule has 0 bridgehead atoms. The van der Waals surface area contributed by atoms with Crippen molar-refractivity contribution in [2.75, 3.05) is 5.32 Å². The zero-order valence-electron chi connectivity index (χ0n) is 9.87. The van der Waals surface area contributed by atoms with E-state index in [9.17, 15) is 4.79 Å². The predicted octanol–water partition coefficient (Wildman–Crippen LogP) is 2.77. The molecule has 0 spiro atoms. The second-order valence-corrected chi connectivity index (χ2v) is 4.01. The van der Waals surface area contributed by atoms with E-state index in [0.717, 1.165) is 23.3 Å². The molecule has 0 aliphatic heterocycles. The van der Waals surface area contributed by atoms with E-state index in [1.807, 2.05) is 13.0 Å². The maximum Gasteiger partial charge on any atom is 0.221 e. The highest BCUT2D eigenvalue weighted by atomic mass is 16.1. The Hall–Kier alpha value is -1.77. The van der Waals surface area contributed by atoms with Crippen LogP contribution in [-0.4, -0.2) is 10.3 Å². The molecule has 0 unspecified atom stereocenters. The first-order valence-electron chi connectivity index (χ1n) is 5.50. The van der Waals surface area contributed by atoms with Crippen molar-refractivity contribution in [1.82, 2.24) is 4.40 Å². The van der Waals surface area contributed by atoms with Gasteiger partial charge in [0.05, 0.1) is 5.69 Å². The average molecular weight is 216 g/mol. The molecule has 3 heteroatoms. The van der Waals surface area contributed by atoms with E-state index >= 15 is 0 Å². The van der Waals surface area contributed by atoms with Crippen LogP contribution in [0, 0.1) is 6.92 Å². The lowest BCUT2D eigenvalue weighted by atomic mass is 10.2. The van der Waals surface area contributed by atoms with E-state index < -0.39 is 0 Å². The summed E-state index contributed by atoms with van der Waals surface area (Å²) in [5, 5.41) is 2.84. The number of anilines is 1. The number of nitrogens with one attached hydrogen (secondary N) is 1. The SMILES string of the molecule is CCc1ccc2cc(NC(C)=O)c(C)n2c1. The number of aromatic nitrogens is 1. The van der Waals surface area contributed by atoms with Crippen LogP contribution in [0.5, 0.6) is 0 Å². The lowest BCUT2D eigenvalue weighted by Gasteiger charge is -2.03. The van der Waals surface area contributed by atoms with Crippen molar-refractivity contribution in [3.8, 4) is 0 Å². The maximum atomic E-state index is 11.0. The fourth-order valence-electron chi connectivity index (χ4n) is 1.87. The second kappa shape index (κ2) is 4.00. The van der Waals surface area contributed by atoms with E-state index in [0.29, 0.717) is 0 Å². The molecule has 0 atom stereocenters. The van der Waals surface area contributed by atoms with Crippen molar-refractivity contribution in [2.24, 2.45) is 0 Å². The van der Waals surface area contributed by atoms with Gasteiger partial charge in [0.1, 0.15) is 0 Å². The van der Waals surface area contributed by atoms with Crippen LogP contribution in [0.25, 0.3) is 5.52 Å². The highest BCUT2D eigenvalue weighted by Gasteiger charge is 2.07. The first-order chi connectivity index (χ1) is 7.61. The Bertz CT molecular complexity index is 540. The number of aryl methyl sites for hydroxylation is 2. The number of fused-ring (bicyclic) bond motifs is 1. The van der Waals surface area contributed by atoms with Gasteiger partial charge in [-0.2, -0.15) is 0 Å². The van der Waals surface area contributed by atoms with Crippen molar-refractivity contribution in [2.45, 2.75) is 27.2 Å². The molecular weight excluding hydrogens is 200 g/mol. The molecule has 84 valence electrons. The summed E-state index contributed by atoms with van der Waals surface area (Å²) in [6, 6.07) is 6.19. The molecule has 1 amide bonds. The summed E-state index contributed by atoms with van der Waals surface area (Å²) in [5.41, 5.74) is 4.36. The first kappa shape index (κ1) is 10.7. The number of rotatable bonds is 2. The number of hydrogen-bond acceptors (Lipinski definition) is 1. The molecule has 0 saturated heterocycles. The Morgan fingerprint density at radius 2 is 2.19 bits per heavy atom. The molecule has 0 aromatic carbocycles. The zero-order chi connectivity index (χ0) is 11.7. The van der Waals surface area contributed by atoms with Gasteiger partial charge in [-0.05, 0) is 31.0 Å². The summed E-state index contributed by atoms with van der Waals surface area (Å²) in [7, 11) is 0. The van der Waals surface area contributed by atoms with E-state index in [2.05, 4.69) is 35.0 Å². The molecule has 2 aromatic rings. The Labute approximate surface area is 95.1 Å². The lowest BCUT2D eigenvalue weighted by Crippen LogP contribution is -2.06. The molecule has 0 radical (unpaired) electrons. The van der Waals surface area contributed by atoms with Gasteiger partial charge in [-0.15, -0.1) is 0 Å². The quantitative estimate of drug-likeness (QED) is 0.822. The number of carbonyl (C=O) groups is 1. The van der Waals surface area contributed by atoms with Crippen LogP contribution in [-0.2, 0) is 11.2 Å². The Morgan fingerprint density at radius 1 is 1.44 bits per heavy atom. The Morgan fingerprint density at radius 3 is 2.81 bits per heavy atom. The van der Waals surface area contributed by atoms with E-state index in [-0.39, 0.29) is 5.91 Å². The van der Waals surface area contributed by atoms with Crippen LogP contribution in [0.3, 0.4) is 0 Å². The summed E-state index contributed by atoms with van der Waals surface area (Å²) in [4.78, 5) is 11.0. The predicted molar refractivity (Wildman–Crippen MR) is 65.8 cm³/mol. The highest BCUT2D eigenvalue weighted by Crippen LogP contribution is 2.21. The molecule has 0 aliphatic rings. The van der Waals surface area contributed by atoms with Crippen molar-refractivity contribution in [3.05, 3.63) is 35.7 Å². The topological polar surface area (TPSA) is 33.5 Å². The number of pyridine rings is 1. The fourth-order valence-corrected chi connectivity index (χ4v) is 1.87. The summed E-state index contributed by atoms with van der Waals surface area (Å²) >= 11 is 0. The van der Waals surface area contributed by atoms with Crippen LogP contribution in [0.2, 0.25) is 0 Å². The van der Waals surface area contributed by atoms with Crippen molar-refractivity contribution < 1.29 is 4.79 Å². The Kier molecular flexibility index (Phi) is 2.69. The molecule has 0 saturated carbocycles. The van der Waals surface area contributed by atoms with E-state index in [1.165, 1.54) is 12.5 Å². The van der Waals surface area contributed by atoms with E-state index in [1.54, 1.807) is 0 Å². The van der Waals surface area contributed by atoms with Crippen LogP contribution in [0.4, 0.5) is 5.69 Å². The third kappa shape index (κ3) is 1.81. The summed E-state index contributed by atoms with van der Waals surface area (Å²) in [6.45, 7) is 5.67. The maximum absolute atomic E-state index is 11.0. The van der Waals surface area contributed by atoms with Crippen LogP contribution in [0.15, 0.2) is 24.4 Å². The molecule has 16 heavy (non-hydrogen) atoms. The third-order valence-electron chi connectivity index (χ3n) is 2.80. The smallest absolute Gasteiger partial charge is 0.221 e. The normalized spacial score (nSPS) is 10.7.